The highest BCUT2D eigenvalue weighted by Crippen LogP contribution is 2.23. The maximum absolute atomic E-state index is 11.9. The number of nitrogens with one attached hydrogen (secondary N) is 1. The van der Waals surface area contributed by atoms with Gasteiger partial charge in [0.1, 0.15) is 0 Å². The van der Waals surface area contributed by atoms with Crippen LogP contribution in [0.3, 0.4) is 0 Å². The fourth-order valence-corrected chi connectivity index (χ4v) is 2.46. The van der Waals surface area contributed by atoms with Gasteiger partial charge in [-0.15, -0.1) is 0 Å². The molecule has 1 amide bonds. The van der Waals surface area contributed by atoms with E-state index >= 15 is 0 Å². The normalized spacial score (nSPS) is 20.5. The Balaban J connectivity index is 2.28. The zero-order valence-electron chi connectivity index (χ0n) is 11.9. The highest BCUT2D eigenvalue weighted by molar-refractivity contribution is 5.78. The molecule has 3 nitrogen and oxygen atoms in total. The Bertz CT molecular complexity index is 467. The highest BCUT2D eigenvalue weighted by atomic mass is 16.2. The Kier molecular flexibility index (Phi) is 4.25. The van der Waals surface area contributed by atoms with E-state index in [1.165, 1.54) is 0 Å². The Hall–Kier alpha value is -1.77. The number of hydrogen-bond donors (Lipinski definition) is 1. The summed E-state index contributed by atoms with van der Waals surface area (Å²) < 4.78 is 0. The van der Waals surface area contributed by atoms with Crippen LogP contribution < -0.4 is 5.32 Å². The quantitative estimate of drug-likeness (QED) is 0.904. The minimum Gasteiger partial charge on any atom is -0.381 e. The van der Waals surface area contributed by atoms with E-state index in [4.69, 9.17) is 0 Å². The van der Waals surface area contributed by atoms with Crippen molar-refractivity contribution < 1.29 is 4.79 Å². The molecule has 1 heterocycles. The van der Waals surface area contributed by atoms with Crippen LogP contribution in [0.2, 0.25) is 0 Å². The number of hydrogen-bond acceptors (Lipinski definition) is 2. The lowest BCUT2D eigenvalue weighted by molar-refractivity contribution is -0.129. The molecule has 1 aromatic carbocycles. The molecule has 0 saturated carbocycles. The second-order valence-corrected chi connectivity index (χ2v) is 5.17. The third kappa shape index (κ3) is 2.98. The van der Waals surface area contributed by atoms with E-state index in [9.17, 15) is 4.79 Å². The first-order valence-corrected chi connectivity index (χ1v) is 6.93. The molecular formula is C16H22N2O. The molecule has 2 rings (SSSR count). The summed E-state index contributed by atoms with van der Waals surface area (Å²) in [5.74, 6) is 0.602. The molecule has 0 unspecified atom stereocenters. The topological polar surface area (TPSA) is 32.3 Å². The number of amides is 1. The lowest BCUT2D eigenvalue weighted by Gasteiger charge is -2.37. The molecule has 0 aromatic heterocycles. The zero-order valence-corrected chi connectivity index (χ0v) is 11.9. The minimum atomic E-state index is 0.111. The van der Waals surface area contributed by atoms with Crippen molar-refractivity contribution in [2.45, 2.75) is 33.2 Å². The van der Waals surface area contributed by atoms with Crippen molar-refractivity contribution in [2.24, 2.45) is 5.92 Å². The van der Waals surface area contributed by atoms with Gasteiger partial charge in [0.05, 0.1) is 11.7 Å². The van der Waals surface area contributed by atoms with Gasteiger partial charge in [-0.25, -0.2) is 0 Å². The lowest BCUT2D eigenvalue weighted by atomic mass is 9.95. The van der Waals surface area contributed by atoms with Gasteiger partial charge in [-0.3, -0.25) is 4.79 Å². The van der Waals surface area contributed by atoms with Gasteiger partial charge < -0.3 is 10.2 Å². The third-order valence-corrected chi connectivity index (χ3v) is 3.88. The molecule has 0 aliphatic carbocycles. The minimum absolute atomic E-state index is 0.111. The summed E-state index contributed by atoms with van der Waals surface area (Å²) in [5, 5.41) is 3.45. The van der Waals surface area contributed by atoms with E-state index in [2.05, 4.69) is 31.3 Å². The maximum atomic E-state index is 11.9. The molecule has 1 aliphatic heterocycles. The largest absolute Gasteiger partial charge is 0.381 e. The molecule has 0 radical (unpaired) electrons. The summed E-state index contributed by atoms with van der Waals surface area (Å²) in [6.45, 7) is 6.82. The first-order chi connectivity index (χ1) is 9.13. The van der Waals surface area contributed by atoms with Crippen LogP contribution in [0.4, 0.5) is 0 Å². The summed E-state index contributed by atoms with van der Waals surface area (Å²) >= 11 is 0. The van der Waals surface area contributed by atoms with Crippen molar-refractivity contribution in [3.05, 3.63) is 42.1 Å². The second kappa shape index (κ2) is 5.91. The smallest absolute Gasteiger partial charge is 0.223 e. The van der Waals surface area contributed by atoms with Crippen molar-refractivity contribution in [3.63, 3.8) is 0 Å². The molecule has 0 spiro atoms. The Labute approximate surface area is 115 Å². The van der Waals surface area contributed by atoms with E-state index in [0.717, 1.165) is 24.2 Å². The number of benzene rings is 1. The average molecular weight is 258 g/mol. The van der Waals surface area contributed by atoms with Gasteiger partial charge in [0.25, 0.3) is 0 Å². The molecular weight excluding hydrogens is 236 g/mol. The number of carbonyl (C=O) groups excluding carboxylic acids is 1. The van der Waals surface area contributed by atoms with Crippen LogP contribution in [-0.2, 0) is 4.79 Å². The van der Waals surface area contributed by atoms with Gasteiger partial charge >= 0.3 is 0 Å². The molecule has 3 heteroatoms. The lowest BCUT2D eigenvalue weighted by Crippen LogP contribution is -2.49. The van der Waals surface area contributed by atoms with E-state index in [0.29, 0.717) is 5.92 Å². The number of rotatable bonds is 3. The molecule has 19 heavy (non-hydrogen) atoms. The van der Waals surface area contributed by atoms with Crippen molar-refractivity contribution in [1.29, 1.82) is 0 Å². The van der Waals surface area contributed by atoms with Crippen LogP contribution in [0.25, 0.3) is 5.70 Å². The van der Waals surface area contributed by atoms with Crippen molar-refractivity contribution in [3.8, 4) is 0 Å². The highest BCUT2D eigenvalue weighted by Gasteiger charge is 2.28. The monoisotopic (exact) mass is 258 g/mol. The van der Waals surface area contributed by atoms with Gasteiger partial charge in [0.2, 0.25) is 5.91 Å². The predicted molar refractivity (Wildman–Crippen MR) is 78.2 cm³/mol. The summed E-state index contributed by atoms with van der Waals surface area (Å²) in [7, 11) is 0. The van der Waals surface area contributed by atoms with Gasteiger partial charge in [-0.2, -0.15) is 0 Å². The summed E-state index contributed by atoms with van der Waals surface area (Å²) in [4.78, 5) is 13.7. The standard InChI is InChI=1S/C16H22N2O/c1-4-12(2)16-10-17-15(11-18(16)13(3)19)14-8-6-5-7-9-14/h5-9,11-12,16-17H,4,10H2,1-3H3/t12-,16-/m1/s1. The first-order valence-electron chi connectivity index (χ1n) is 6.93. The van der Waals surface area contributed by atoms with E-state index in [1.807, 2.05) is 29.3 Å². The number of carbonyl (C=O) groups is 1. The molecule has 1 N–H and O–H groups in total. The van der Waals surface area contributed by atoms with Gasteiger partial charge in [-0.05, 0) is 11.5 Å². The summed E-state index contributed by atoms with van der Waals surface area (Å²) in [5.41, 5.74) is 2.15. The van der Waals surface area contributed by atoms with Gasteiger partial charge in [-0.1, -0.05) is 50.6 Å². The SMILES string of the molecule is CC[C@@H](C)[C@H]1CNC(c2ccccc2)=CN1C(C)=O. The Morgan fingerprint density at radius 1 is 1.42 bits per heavy atom. The molecule has 102 valence electrons. The van der Waals surface area contributed by atoms with Crippen molar-refractivity contribution in [2.75, 3.05) is 6.54 Å². The Morgan fingerprint density at radius 2 is 2.11 bits per heavy atom. The van der Waals surface area contributed by atoms with Crippen LogP contribution in [0.5, 0.6) is 0 Å². The van der Waals surface area contributed by atoms with Gasteiger partial charge in [0, 0.05) is 19.7 Å². The third-order valence-electron chi connectivity index (χ3n) is 3.88. The van der Waals surface area contributed by atoms with Crippen molar-refractivity contribution in [1.82, 2.24) is 10.2 Å². The first kappa shape index (κ1) is 13.7. The Morgan fingerprint density at radius 3 is 2.68 bits per heavy atom. The second-order valence-electron chi connectivity index (χ2n) is 5.17. The molecule has 1 aromatic rings. The van der Waals surface area contributed by atoms with Crippen LogP contribution in [0.15, 0.2) is 36.5 Å². The average Bonchev–Trinajstić information content (AvgIpc) is 2.46. The molecule has 0 saturated heterocycles. The van der Waals surface area contributed by atoms with Crippen LogP contribution in [-0.4, -0.2) is 23.4 Å². The molecule has 1 aliphatic rings. The fourth-order valence-electron chi connectivity index (χ4n) is 2.46. The van der Waals surface area contributed by atoms with E-state index in [1.54, 1.807) is 6.92 Å². The predicted octanol–water partition coefficient (Wildman–Crippen LogP) is 2.85. The molecule has 0 fully saturated rings. The van der Waals surface area contributed by atoms with E-state index in [-0.39, 0.29) is 11.9 Å². The molecule has 0 bridgehead atoms. The van der Waals surface area contributed by atoms with Crippen molar-refractivity contribution >= 4 is 11.6 Å². The maximum Gasteiger partial charge on any atom is 0.223 e. The van der Waals surface area contributed by atoms with E-state index < -0.39 is 0 Å². The zero-order chi connectivity index (χ0) is 13.8. The summed E-state index contributed by atoms with van der Waals surface area (Å²) in [6.07, 6.45) is 3.03. The number of nitrogens with zero attached hydrogens (tertiary/aromatic N) is 1. The summed E-state index contributed by atoms with van der Waals surface area (Å²) in [6, 6.07) is 10.4. The molecule has 2 atom stereocenters. The van der Waals surface area contributed by atoms with Crippen LogP contribution in [0.1, 0.15) is 32.8 Å². The van der Waals surface area contributed by atoms with Gasteiger partial charge in [0.15, 0.2) is 0 Å². The van der Waals surface area contributed by atoms with Crippen LogP contribution >= 0.6 is 0 Å². The van der Waals surface area contributed by atoms with Crippen LogP contribution in [0, 0.1) is 5.92 Å². The fraction of sp³-hybridized carbons (Fsp3) is 0.438.